The molecule has 0 spiro atoms. The van der Waals surface area contributed by atoms with E-state index in [2.05, 4.69) is 10.1 Å². The fourth-order valence-corrected chi connectivity index (χ4v) is 4.41. The second-order valence-corrected chi connectivity index (χ2v) is 8.51. The zero-order chi connectivity index (χ0) is 25.1. The number of ether oxygens (including phenoxy) is 2. The van der Waals surface area contributed by atoms with Crippen molar-refractivity contribution >= 4 is 16.6 Å². The minimum Gasteiger partial charge on any atom is -0.497 e. The van der Waals surface area contributed by atoms with Crippen LogP contribution in [0.1, 0.15) is 18.1 Å². The van der Waals surface area contributed by atoms with E-state index in [1.54, 1.807) is 18.9 Å². The number of methoxy groups -OCH3 is 2. The SMILES string of the molecule is COc1ccc(-c2[nH]n(-c3ccccc3)c(=O)c2C(C)=NCCc2c[nH]c3ccc(OC)cc23)cc1. The molecule has 182 valence electrons. The monoisotopic (exact) mass is 480 g/mol. The lowest BCUT2D eigenvalue weighted by Gasteiger charge is -2.05. The van der Waals surface area contributed by atoms with Gasteiger partial charge in [0.1, 0.15) is 11.5 Å². The van der Waals surface area contributed by atoms with Crippen LogP contribution in [0.15, 0.2) is 88.8 Å². The van der Waals surface area contributed by atoms with Crippen molar-refractivity contribution in [2.75, 3.05) is 20.8 Å². The largest absolute Gasteiger partial charge is 0.497 e. The van der Waals surface area contributed by atoms with Crippen LogP contribution in [-0.4, -0.2) is 41.2 Å². The Labute approximate surface area is 209 Å². The van der Waals surface area contributed by atoms with Crippen LogP contribution in [0.5, 0.6) is 11.5 Å². The van der Waals surface area contributed by atoms with Gasteiger partial charge in [0.2, 0.25) is 0 Å². The van der Waals surface area contributed by atoms with E-state index in [1.807, 2.05) is 85.9 Å². The minimum atomic E-state index is -0.134. The molecular formula is C29H28N4O3. The molecule has 0 saturated heterocycles. The van der Waals surface area contributed by atoms with Crippen molar-refractivity contribution < 1.29 is 9.47 Å². The van der Waals surface area contributed by atoms with E-state index in [0.29, 0.717) is 17.8 Å². The second-order valence-electron chi connectivity index (χ2n) is 8.51. The Hall–Kier alpha value is -4.52. The Bertz CT molecular complexity index is 1570. The summed E-state index contributed by atoms with van der Waals surface area (Å²) in [4.78, 5) is 21.7. The molecule has 0 fully saturated rings. The fraction of sp³-hybridized carbons (Fsp3) is 0.172. The molecule has 0 unspecified atom stereocenters. The third-order valence-corrected chi connectivity index (χ3v) is 6.35. The predicted octanol–water partition coefficient (Wildman–Crippen LogP) is 5.38. The third kappa shape index (κ3) is 4.43. The Balaban J connectivity index is 1.50. The molecule has 0 amide bonds. The molecule has 2 heterocycles. The number of H-pyrrole nitrogens is 2. The number of aromatic amines is 2. The summed E-state index contributed by atoms with van der Waals surface area (Å²) >= 11 is 0. The van der Waals surface area contributed by atoms with Crippen molar-refractivity contribution in [3.63, 3.8) is 0 Å². The summed E-state index contributed by atoms with van der Waals surface area (Å²) in [6, 6.07) is 23.2. The molecular weight excluding hydrogens is 452 g/mol. The van der Waals surface area contributed by atoms with Gasteiger partial charge in [-0.2, -0.15) is 0 Å². The normalized spacial score (nSPS) is 11.7. The number of benzene rings is 3. The van der Waals surface area contributed by atoms with Gasteiger partial charge in [0.15, 0.2) is 0 Å². The number of nitrogens with zero attached hydrogens (tertiary/aromatic N) is 2. The number of rotatable bonds is 8. The average Bonchev–Trinajstić information content (AvgIpc) is 3.49. The molecule has 0 radical (unpaired) electrons. The Morgan fingerprint density at radius 2 is 1.67 bits per heavy atom. The van der Waals surface area contributed by atoms with Crippen LogP contribution in [0.4, 0.5) is 0 Å². The maximum absolute atomic E-state index is 13.6. The number of hydrogen-bond acceptors (Lipinski definition) is 4. The van der Waals surface area contributed by atoms with Crippen LogP contribution in [0.25, 0.3) is 27.8 Å². The lowest BCUT2D eigenvalue weighted by atomic mass is 10.0. The molecule has 7 heteroatoms. The highest BCUT2D eigenvalue weighted by Gasteiger charge is 2.19. The summed E-state index contributed by atoms with van der Waals surface area (Å²) in [5.41, 5.74) is 5.71. The van der Waals surface area contributed by atoms with Gasteiger partial charge < -0.3 is 14.5 Å². The highest BCUT2D eigenvalue weighted by atomic mass is 16.5. The van der Waals surface area contributed by atoms with Crippen LogP contribution in [0.2, 0.25) is 0 Å². The molecule has 5 aromatic rings. The quantitative estimate of drug-likeness (QED) is 0.292. The number of aliphatic imine (C=N–C) groups is 1. The summed E-state index contributed by atoms with van der Waals surface area (Å²) < 4.78 is 12.3. The van der Waals surface area contributed by atoms with Crippen LogP contribution in [0.3, 0.4) is 0 Å². The first-order valence-electron chi connectivity index (χ1n) is 11.8. The van der Waals surface area contributed by atoms with E-state index in [9.17, 15) is 4.79 Å². The second kappa shape index (κ2) is 10.00. The fourth-order valence-electron chi connectivity index (χ4n) is 4.41. The summed E-state index contributed by atoms with van der Waals surface area (Å²) in [6.07, 6.45) is 2.75. The van der Waals surface area contributed by atoms with Crippen molar-refractivity contribution in [2.45, 2.75) is 13.3 Å². The van der Waals surface area contributed by atoms with E-state index in [0.717, 1.165) is 51.3 Å². The first kappa shape index (κ1) is 23.2. The smallest absolute Gasteiger partial charge is 0.280 e. The van der Waals surface area contributed by atoms with E-state index < -0.39 is 0 Å². The molecule has 3 aromatic carbocycles. The molecule has 7 nitrogen and oxygen atoms in total. The van der Waals surface area contributed by atoms with Gasteiger partial charge in [0.25, 0.3) is 5.56 Å². The van der Waals surface area contributed by atoms with Gasteiger partial charge in [0.05, 0.1) is 31.2 Å². The summed E-state index contributed by atoms with van der Waals surface area (Å²) in [6.45, 7) is 2.44. The molecule has 0 saturated carbocycles. The van der Waals surface area contributed by atoms with Gasteiger partial charge in [-0.3, -0.25) is 14.9 Å². The number of nitrogens with one attached hydrogen (secondary N) is 2. The molecule has 0 atom stereocenters. The average molecular weight is 481 g/mol. The molecule has 2 aromatic heterocycles. The van der Waals surface area contributed by atoms with Crippen molar-refractivity contribution in [3.8, 4) is 28.4 Å². The zero-order valence-electron chi connectivity index (χ0n) is 20.5. The van der Waals surface area contributed by atoms with Gasteiger partial charge in [0, 0.05) is 34.9 Å². The maximum atomic E-state index is 13.6. The molecule has 5 rings (SSSR count). The number of aromatic nitrogens is 3. The molecule has 0 bridgehead atoms. The predicted molar refractivity (Wildman–Crippen MR) is 144 cm³/mol. The van der Waals surface area contributed by atoms with Crippen LogP contribution in [0, 0.1) is 0 Å². The van der Waals surface area contributed by atoms with Gasteiger partial charge in [-0.1, -0.05) is 18.2 Å². The Kier molecular flexibility index (Phi) is 6.45. The van der Waals surface area contributed by atoms with E-state index in [-0.39, 0.29) is 5.56 Å². The third-order valence-electron chi connectivity index (χ3n) is 6.35. The van der Waals surface area contributed by atoms with Crippen LogP contribution >= 0.6 is 0 Å². The zero-order valence-corrected chi connectivity index (χ0v) is 20.5. The summed E-state index contributed by atoms with van der Waals surface area (Å²) in [5.74, 6) is 1.58. The van der Waals surface area contributed by atoms with Crippen LogP contribution < -0.4 is 15.0 Å². The van der Waals surface area contributed by atoms with Gasteiger partial charge in [-0.15, -0.1) is 0 Å². The van der Waals surface area contributed by atoms with Crippen molar-refractivity contribution in [1.29, 1.82) is 0 Å². The molecule has 0 aliphatic heterocycles. The van der Waals surface area contributed by atoms with E-state index in [4.69, 9.17) is 14.5 Å². The lowest BCUT2D eigenvalue weighted by Crippen LogP contribution is -2.19. The van der Waals surface area contributed by atoms with Gasteiger partial charge in [-0.05, 0) is 73.5 Å². The van der Waals surface area contributed by atoms with Crippen molar-refractivity contribution in [2.24, 2.45) is 4.99 Å². The Morgan fingerprint density at radius 3 is 2.39 bits per heavy atom. The van der Waals surface area contributed by atoms with Crippen LogP contribution in [-0.2, 0) is 6.42 Å². The molecule has 2 N–H and O–H groups in total. The topological polar surface area (TPSA) is 84.4 Å². The minimum absolute atomic E-state index is 0.134. The van der Waals surface area contributed by atoms with E-state index >= 15 is 0 Å². The van der Waals surface area contributed by atoms with Crippen molar-refractivity contribution in [3.05, 3.63) is 100 Å². The number of fused-ring (bicyclic) bond motifs is 1. The molecule has 0 aliphatic rings. The summed E-state index contributed by atoms with van der Waals surface area (Å²) in [5, 5.41) is 4.43. The van der Waals surface area contributed by atoms with E-state index in [1.165, 1.54) is 0 Å². The highest BCUT2D eigenvalue weighted by molar-refractivity contribution is 6.03. The first-order chi connectivity index (χ1) is 17.6. The number of hydrogen-bond donors (Lipinski definition) is 2. The maximum Gasteiger partial charge on any atom is 0.280 e. The molecule has 0 aliphatic carbocycles. The first-order valence-corrected chi connectivity index (χ1v) is 11.8. The number of para-hydroxylation sites is 1. The van der Waals surface area contributed by atoms with Crippen molar-refractivity contribution in [1.82, 2.24) is 14.8 Å². The highest BCUT2D eigenvalue weighted by Crippen LogP contribution is 2.26. The molecule has 36 heavy (non-hydrogen) atoms. The van der Waals surface area contributed by atoms with Gasteiger partial charge in [-0.25, -0.2) is 4.68 Å². The lowest BCUT2D eigenvalue weighted by molar-refractivity contribution is 0.415. The van der Waals surface area contributed by atoms with Gasteiger partial charge >= 0.3 is 0 Å². The Morgan fingerprint density at radius 1 is 0.944 bits per heavy atom. The standard InChI is InChI=1S/C29H28N4O3/c1-19(30-16-15-21-18-31-26-14-13-24(36-3)17-25(21)26)27-28(20-9-11-23(35-2)12-10-20)32-33(29(27)34)22-7-5-4-6-8-22/h4-14,17-18,31-32H,15-16H2,1-3H3. The summed E-state index contributed by atoms with van der Waals surface area (Å²) in [7, 11) is 3.30.